The Morgan fingerprint density at radius 2 is 2.00 bits per heavy atom. The number of carbonyl (C=O) groups excluding carboxylic acids is 3. The molecule has 26 heavy (non-hydrogen) atoms. The molecule has 138 valence electrons. The van der Waals surface area contributed by atoms with E-state index in [0.29, 0.717) is 10.8 Å². The number of hydrogen-bond donors (Lipinski definition) is 1. The zero-order chi connectivity index (χ0) is 19.1. The highest BCUT2D eigenvalue weighted by molar-refractivity contribution is 6.36. The molecule has 0 aliphatic heterocycles. The van der Waals surface area contributed by atoms with Crippen LogP contribution in [0.25, 0.3) is 0 Å². The second-order valence-corrected chi connectivity index (χ2v) is 6.14. The van der Waals surface area contributed by atoms with Crippen LogP contribution in [0.2, 0.25) is 10.0 Å². The third-order valence-corrected chi connectivity index (χ3v) is 3.87. The predicted molar refractivity (Wildman–Crippen MR) is 94.9 cm³/mol. The average molecular weight is 399 g/mol. The van der Waals surface area contributed by atoms with Gasteiger partial charge in [0.05, 0.1) is 23.4 Å². The van der Waals surface area contributed by atoms with E-state index in [0.717, 1.165) is 0 Å². The molecule has 2 amide bonds. The maximum absolute atomic E-state index is 12.0. The lowest BCUT2D eigenvalue weighted by atomic mass is 10.2. The zero-order valence-electron chi connectivity index (χ0n) is 13.8. The van der Waals surface area contributed by atoms with Crippen molar-refractivity contribution in [1.82, 2.24) is 10.2 Å². The third-order valence-electron chi connectivity index (χ3n) is 3.32. The predicted octanol–water partition coefficient (Wildman–Crippen LogP) is 2.52. The van der Waals surface area contributed by atoms with Gasteiger partial charge in [-0.1, -0.05) is 23.2 Å². The Hall–Kier alpha value is -2.51. The number of nitrogens with zero attached hydrogens (tertiary/aromatic N) is 1. The lowest BCUT2D eigenvalue weighted by molar-refractivity contribution is -0.150. The van der Waals surface area contributed by atoms with Crippen molar-refractivity contribution in [1.29, 1.82) is 0 Å². The number of benzene rings is 1. The molecule has 0 atom stereocenters. The van der Waals surface area contributed by atoms with E-state index in [9.17, 15) is 14.4 Å². The molecule has 1 aromatic heterocycles. The molecule has 7 nitrogen and oxygen atoms in total. The number of carbonyl (C=O) groups is 3. The maximum atomic E-state index is 12.0. The fourth-order valence-corrected chi connectivity index (χ4v) is 2.44. The van der Waals surface area contributed by atoms with Gasteiger partial charge < -0.3 is 19.4 Å². The normalized spacial score (nSPS) is 10.3. The molecular weight excluding hydrogens is 383 g/mol. The molecule has 1 aromatic carbocycles. The van der Waals surface area contributed by atoms with Crippen LogP contribution in [-0.4, -0.2) is 42.9 Å². The molecule has 0 spiro atoms. The summed E-state index contributed by atoms with van der Waals surface area (Å²) in [6.07, 6.45) is 1.50. The monoisotopic (exact) mass is 398 g/mol. The molecule has 1 N–H and O–H groups in total. The largest absolute Gasteiger partial charge is 0.467 e. The minimum absolute atomic E-state index is 0.165. The molecule has 2 rings (SSSR count). The highest BCUT2D eigenvalue weighted by Crippen LogP contribution is 2.20. The van der Waals surface area contributed by atoms with Crippen LogP contribution in [0.5, 0.6) is 0 Å². The van der Waals surface area contributed by atoms with Crippen LogP contribution in [0.3, 0.4) is 0 Å². The highest BCUT2D eigenvalue weighted by Gasteiger charge is 2.15. The first kappa shape index (κ1) is 19.8. The fraction of sp³-hybridized carbons (Fsp3) is 0.235. The number of esters is 1. The molecule has 9 heteroatoms. The summed E-state index contributed by atoms with van der Waals surface area (Å²) < 4.78 is 9.99. The van der Waals surface area contributed by atoms with Crippen molar-refractivity contribution in [3.8, 4) is 0 Å². The van der Waals surface area contributed by atoms with Gasteiger partial charge in [0.25, 0.3) is 11.8 Å². The van der Waals surface area contributed by atoms with Gasteiger partial charge in [-0.25, -0.2) is 0 Å². The summed E-state index contributed by atoms with van der Waals surface area (Å²) in [5.74, 6) is -1.09. The number of rotatable bonds is 7. The number of halogens is 2. The standard InChI is InChI=1S/C17H16Cl2N2O5/c1-21(9-12-3-2-6-25-12)15(22)10-26-16(23)8-20-17(24)13-5-4-11(18)7-14(13)19/h2-7H,8-10H2,1H3,(H,20,24). The lowest BCUT2D eigenvalue weighted by Gasteiger charge is -2.15. The van der Waals surface area contributed by atoms with Crippen molar-refractivity contribution >= 4 is 41.0 Å². The van der Waals surface area contributed by atoms with Gasteiger partial charge in [-0.3, -0.25) is 14.4 Å². The molecule has 0 bridgehead atoms. The number of likely N-dealkylation sites (N-methyl/N-ethyl adjacent to an activating group) is 1. The second-order valence-electron chi connectivity index (χ2n) is 5.30. The van der Waals surface area contributed by atoms with Gasteiger partial charge in [0, 0.05) is 12.1 Å². The summed E-state index contributed by atoms with van der Waals surface area (Å²) >= 11 is 11.7. The molecule has 0 unspecified atom stereocenters. The van der Waals surface area contributed by atoms with Crippen molar-refractivity contribution < 1.29 is 23.5 Å². The number of nitrogens with one attached hydrogen (secondary N) is 1. The van der Waals surface area contributed by atoms with E-state index in [1.165, 1.54) is 29.4 Å². The number of amides is 2. The molecular formula is C17H16Cl2N2O5. The van der Waals surface area contributed by atoms with Crippen molar-refractivity contribution in [3.05, 3.63) is 58.0 Å². The van der Waals surface area contributed by atoms with Gasteiger partial charge in [-0.2, -0.15) is 0 Å². The van der Waals surface area contributed by atoms with Crippen molar-refractivity contribution in [2.75, 3.05) is 20.2 Å². The molecule has 1 heterocycles. The fourth-order valence-electron chi connectivity index (χ4n) is 1.95. The molecule has 0 aliphatic rings. The molecule has 2 aromatic rings. The summed E-state index contributed by atoms with van der Waals surface area (Å²) in [6.45, 7) is -0.574. The Morgan fingerprint density at radius 3 is 2.65 bits per heavy atom. The maximum Gasteiger partial charge on any atom is 0.325 e. The van der Waals surface area contributed by atoms with Crippen molar-refractivity contribution in [3.63, 3.8) is 0 Å². The van der Waals surface area contributed by atoms with Gasteiger partial charge in [0.1, 0.15) is 12.3 Å². The summed E-state index contributed by atoms with van der Waals surface area (Å²) in [7, 11) is 1.56. The SMILES string of the molecule is CN(Cc1ccco1)C(=O)COC(=O)CNC(=O)c1ccc(Cl)cc1Cl. The quantitative estimate of drug-likeness (QED) is 0.723. The van der Waals surface area contributed by atoms with E-state index in [1.807, 2.05) is 0 Å². The van der Waals surface area contributed by atoms with E-state index in [-0.39, 0.29) is 17.1 Å². The zero-order valence-corrected chi connectivity index (χ0v) is 15.3. The Kier molecular flexibility index (Phi) is 7.06. The van der Waals surface area contributed by atoms with Crippen LogP contribution in [0, 0.1) is 0 Å². The highest BCUT2D eigenvalue weighted by atomic mass is 35.5. The molecule has 0 radical (unpaired) electrons. The van der Waals surface area contributed by atoms with Gasteiger partial charge in [0.15, 0.2) is 6.61 Å². The Bertz CT molecular complexity index is 792. The number of hydrogen-bond acceptors (Lipinski definition) is 5. The van der Waals surface area contributed by atoms with Crippen molar-refractivity contribution in [2.24, 2.45) is 0 Å². The summed E-state index contributed by atoms with van der Waals surface area (Å²) in [4.78, 5) is 36.9. The van der Waals surface area contributed by atoms with Crippen LogP contribution in [-0.2, 0) is 20.9 Å². The van der Waals surface area contributed by atoms with Gasteiger partial charge in [-0.15, -0.1) is 0 Å². The smallest absolute Gasteiger partial charge is 0.325 e. The molecule has 0 saturated carbocycles. The van der Waals surface area contributed by atoms with Crippen molar-refractivity contribution in [2.45, 2.75) is 6.54 Å². The number of ether oxygens (including phenoxy) is 1. The van der Waals surface area contributed by atoms with Crippen LogP contribution >= 0.6 is 23.2 Å². The molecule has 0 fully saturated rings. The summed E-state index contributed by atoms with van der Waals surface area (Å²) in [5.41, 5.74) is 0.179. The lowest BCUT2D eigenvalue weighted by Crippen LogP contribution is -2.34. The minimum atomic E-state index is -0.747. The first-order chi connectivity index (χ1) is 12.4. The van der Waals surface area contributed by atoms with Gasteiger partial charge in [0.2, 0.25) is 0 Å². The van der Waals surface area contributed by atoms with Crippen LogP contribution in [0.1, 0.15) is 16.1 Å². The third kappa shape index (κ3) is 5.79. The average Bonchev–Trinajstić information content (AvgIpc) is 3.10. The van der Waals surface area contributed by atoms with E-state index < -0.39 is 30.9 Å². The Labute approximate surface area is 159 Å². The number of furan rings is 1. The Balaban J connectivity index is 1.74. The van der Waals surface area contributed by atoms with Gasteiger partial charge >= 0.3 is 5.97 Å². The summed E-state index contributed by atoms with van der Waals surface area (Å²) in [6, 6.07) is 7.81. The molecule has 0 saturated heterocycles. The first-order valence-electron chi connectivity index (χ1n) is 7.52. The topological polar surface area (TPSA) is 88.8 Å². The van der Waals surface area contributed by atoms with Crippen LogP contribution in [0.4, 0.5) is 0 Å². The van der Waals surface area contributed by atoms with Gasteiger partial charge in [-0.05, 0) is 30.3 Å². The van der Waals surface area contributed by atoms with E-state index in [4.69, 9.17) is 32.4 Å². The second kappa shape index (κ2) is 9.26. The van der Waals surface area contributed by atoms with E-state index in [2.05, 4.69) is 5.32 Å². The first-order valence-corrected chi connectivity index (χ1v) is 8.27. The van der Waals surface area contributed by atoms with E-state index in [1.54, 1.807) is 19.2 Å². The Morgan fingerprint density at radius 1 is 1.23 bits per heavy atom. The molecule has 0 aliphatic carbocycles. The summed E-state index contributed by atoms with van der Waals surface area (Å²) in [5, 5.41) is 2.92. The van der Waals surface area contributed by atoms with Crippen LogP contribution in [0.15, 0.2) is 41.0 Å². The minimum Gasteiger partial charge on any atom is -0.467 e. The van der Waals surface area contributed by atoms with Crippen LogP contribution < -0.4 is 5.32 Å². The van der Waals surface area contributed by atoms with E-state index >= 15 is 0 Å².